The molecule has 1 atom stereocenters. The van der Waals surface area contributed by atoms with Gasteiger partial charge < -0.3 is 19.7 Å². The minimum atomic E-state index is -0.315. The average Bonchev–Trinajstić information content (AvgIpc) is 3.39. The van der Waals surface area contributed by atoms with E-state index in [1.165, 1.54) is 0 Å². The van der Waals surface area contributed by atoms with Crippen LogP contribution >= 0.6 is 11.3 Å². The molecule has 3 heterocycles. The molecule has 0 radical (unpaired) electrons. The van der Waals surface area contributed by atoms with E-state index in [-0.39, 0.29) is 18.9 Å². The lowest BCUT2D eigenvalue weighted by Crippen LogP contribution is -2.42. The average molecular weight is 393 g/mol. The Balaban J connectivity index is 1.52. The fraction of sp³-hybridized carbons (Fsp3) is 0.238. The number of anilines is 1. The zero-order chi connectivity index (χ0) is 19.1. The molecule has 3 aromatic rings. The van der Waals surface area contributed by atoms with Crippen molar-refractivity contribution < 1.29 is 14.3 Å². The SMILES string of the molecule is CCc1nc(C2Nc3ccccc3C(=O)N2Cc2ccc3c(c2)OCO3)cs1. The minimum absolute atomic E-state index is 0.0111. The second kappa shape index (κ2) is 6.83. The third kappa shape index (κ3) is 2.88. The number of aromatic nitrogens is 1. The molecule has 1 unspecified atom stereocenters. The Labute approximate surface area is 166 Å². The highest BCUT2D eigenvalue weighted by molar-refractivity contribution is 7.09. The Morgan fingerprint density at radius 2 is 2.07 bits per heavy atom. The summed E-state index contributed by atoms with van der Waals surface area (Å²) in [5.41, 5.74) is 3.36. The van der Waals surface area contributed by atoms with Gasteiger partial charge >= 0.3 is 0 Å². The quantitative estimate of drug-likeness (QED) is 0.720. The largest absolute Gasteiger partial charge is 0.454 e. The normalized spacial score (nSPS) is 17.4. The molecule has 2 aliphatic rings. The fourth-order valence-electron chi connectivity index (χ4n) is 3.54. The number of benzene rings is 2. The van der Waals surface area contributed by atoms with Gasteiger partial charge in [-0.3, -0.25) is 4.79 Å². The lowest BCUT2D eigenvalue weighted by Gasteiger charge is -2.37. The molecule has 0 saturated heterocycles. The molecule has 0 saturated carbocycles. The molecule has 1 N–H and O–H groups in total. The molecule has 0 spiro atoms. The van der Waals surface area contributed by atoms with Crippen molar-refractivity contribution in [3.8, 4) is 11.5 Å². The first-order valence-corrected chi connectivity index (χ1v) is 10.1. The molecule has 142 valence electrons. The number of hydrogen-bond acceptors (Lipinski definition) is 6. The number of ether oxygens (including phenoxy) is 2. The summed E-state index contributed by atoms with van der Waals surface area (Å²) in [5, 5.41) is 6.59. The van der Waals surface area contributed by atoms with Crippen LogP contribution in [0.4, 0.5) is 5.69 Å². The van der Waals surface area contributed by atoms with Crippen molar-refractivity contribution >= 4 is 22.9 Å². The molecular formula is C21H19N3O3S. The molecule has 28 heavy (non-hydrogen) atoms. The number of carbonyl (C=O) groups is 1. The Kier molecular flexibility index (Phi) is 4.16. The summed E-state index contributed by atoms with van der Waals surface area (Å²) < 4.78 is 10.9. The van der Waals surface area contributed by atoms with Crippen molar-refractivity contribution in [2.75, 3.05) is 12.1 Å². The number of aryl methyl sites for hydroxylation is 1. The van der Waals surface area contributed by atoms with Crippen LogP contribution in [0.25, 0.3) is 0 Å². The van der Waals surface area contributed by atoms with E-state index in [4.69, 9.17) is 14.5 Å². The molecule has 0 fully saturated rings. The maximum atomic E-state index is 13.3. The van der Waals surface area contributed by atoms with Crippen LogP contribution in [-0.2, 0) is 13.0 Å². The van der Waals surface area contributed by atoms with Crippen molar-refractivity contribution in [1.29, 1.82) is 0 Å². The maximum Gasteiger partial charge on any atom is 0.258 e. The number of carbonyl (C=O) groups excluding carboxylic acids is 1. The molecule has 6 nitrogen and oxygen atoms in total. The summed E-state index contributed by atoms with van der Waals surface area (Å²) in [5.74, 6) is 1.44. The van der Waals surface area contributed by atoms with Crippen molar-refractivity contribution in [3.05, 3.63) is 69.7 Å². The number of para-hydroxylation sites is 1. The van der Waals surface area contributed by atoms with Gasteiger partial charge in [-0.2, -0.15) is 0 Å². The lowest BCUT2D eigenvalue weighted by atomic mass is 10.0. The lowest BCUT2D eigenvalue weighted by molar-refractivity contribution is 0.0663. The highest BCUT2D eigenvalue weighted by atomic mass is 32.1. The van der Waals surface area contributed by atoms with E-state index in [0.717, 1.165) is 34.1 Å². The van der Waals surface area contributed by atoms with Gasteiger partial charge in [-0.15, -0.1) is 11.3 Å². The van der Waals surface area contributed by atoms with Gasteiger partial charge in [0.2, 0.25) is 6.79 Å². The summed E-state index contributed by atoms with van der Waals surface area (Å²) in [6, 6.07) is 13.4. The number of amides is 1. The Hall–Kier alpha value is -3.06. The molecule has 2 aliphatic heterocycles. The number of thiazole rings is 1. The summed E-state index contributed by atoms with van der Waals surface area (Å²) in [6.07, 6.45) is 0.564. The molecule has 5 rings (SSSR count). The van der Waals surface area contributed by atoms with Crippen LogP contribution in [0.1, 0.15) is 39.7 Å². The van der Waals surface area contributed by atoms with E-state index >= 15 is 0 Å². The molecule has 1 aromatic heterocycles. The van der Waals surface area contributed by atoms with Gasteiger partial charge in [0.1, 0.15) is 6.17 Å². The molecular weight excluding hydrogens is 374 g/mol. The predicted octanol–water partition coefficient (Wildman–Crippen LogP) is 4.20. The first-order chi connectivity index (χ1) is 13.7. The van der Waals surface area contributed by atoms with Crippen molar-refractivity contribution in [3.63, 3.8) is 0 Å². The maximum absolute atomic E-state index is 13.3. The molecule has 0 aliphatic carbocycles. The Morgan fingerprint density at radius 3 is 2.93 bits per heavy atom. The first-order valence-electron chi connectivity index (χ1n) is 9.22. The molecule has 7 heteroatoms. The van der Waals surface area contributed by atoms with Crippen molar-refractivity contribution in [1.82, 2.24) is 9.88 Å². The van der Waals surface area contributed by atoms with Crippen LogP contribution in [0.15, 0.2) is 47.8 Å². The zero-order valence-electron chi connectivity index (χ0n) is 15.3. The van der Waals surface area contributed by atoms with E-state index in [1.807, 2.05) is 52.7 Å². The van der Waals surface area contributed by atoms with Crippen LogP contribution in [0.2, 0.25) is 0 Å². The van der Waals surface area contributed by atoms with Crippen LogP contribution in [-0.4, -0.2) is 22.6 Å². The first kappa shape index (κ1) is 17.1. The van der Waals surface area contributed by atoms with Gasteiger partial charge in [0, 0.05) is 17.6 Å². The van der Waals surface area contributed by atoms with Crippen LogP contribution in [0.3, 0.4) is 0 Å². The van der Waals surface area contributed by atoms with E-state index in [1.54, 1.807) is 11.3 Å². The van der Waals surface area contributed by atoms with Gasteiger partial charge in [0.25, 0.3) is 5.91 Å². The molecule has 0 bridgehead atoms. The Morgan fingerprint density at radius 1 is 1.21 bits per heavy atom. The topological polar surface area (TPSA) is 63.7 Å². The van der Waals surface area contributed by atoms with E-state index < -0.39 is 0 Å². The minimum Gasteiger partial charge on any atom is -0.454 e. The summed E-state index contributed by atoms with van der Waals surface area (Å²) in [4.78, 5) is 19.9. The van der Waals surface area contributed by atoms with Crippen LogP contribution in [0, 0.1) is 0 Å². The smallest absolute Gasteiger partial charge is 0.258 e. The van der Waals surface area contributed by atoms with Crippen LogP contribution in [0.5, 0.6) is 11.5 Å². The Bertz CT molecular complexity index is 1050. The van der Waals surface area contributed by atoms with Gasteiger partial charge in [-0.1, -0.05) is 25.1 Å². The van der Waals surface area contributed by atoms with Crippen LogP contribution < -0.4 is 14.8 Å². The number of nitrogens with one attached hydrogen (secondary N) is 1. The summed E-state index contributed by atoms with van der Waals surface area (Å²) >= 11 is 1.62. The van der Waals surface area contributed by atoms with Crippen molar-refractivity contribution in [2.45, 2.75) is 26.1 Å². The fourth-order valence-corrected chi connectivity index (χ4v) is 4.30. The predicted molar refractivity (Wildman–Crippen MR) is 107 cm³/mol. The van der Waals surface area contributed by atoms with Gasteiger partial charge in [-0.05, 0) is 36.2 Å². The van der Waals surface area contributed by atoms with Gasteiger partial charge in [0.15, 0.2) is 11.5 Å². The number of fused-ring (bicyclic) bond motifs is 2. The monoisotopic (exact) mass is 393 g/mol. The van der Waals surface area contributed by atoms with E-state index in [2.05, 4.69) is 12.2 Å². The number of hydrogen-bond donors (Lipinski definition) is 1. The van der Waals surface area contributed by atoms with E-state index in [0.29, 0.717) is 17.9 Å². The summed E-state index contributed by atoms with van der Waals surface area (Å²) in [6.45, 7) is 2.76. The highest BCUT2D eigenvalue weighted by Crippen LogP contribution is 2.37. The van der Waals surface area contributed by atoms with Gasteiger partial charge in [0.05, 0.1) is 16.3 Å². The third-order valence-corrected chi connectivity index (χ3v) is 5.98. The standard InChI is InChI=1S/C21H19N3O3S/c1-2-19-22-16(11-28-19)20-23-15-6-4-3-5-14(15)21(25)24(20)10-13-7-8-17-18(9-13)27-12-26-17/h3-9,11,20,23H,2,10,12H2,1H3. The number of rotatable bonds is 4. The summed E-state index contributed by atoms with van der Waals surface area (Å²) in [7, 11) is 0. The van der Waals surface area contributed by atoms with Gasteiger partial charge in [-0.25, -0.2) is 4.98 Å². The number of nitrogens with zero attached hydrogens (tertiary/aromatic N) is 2. The molecule has 2 aromatic carbocycles. The van der Waals surface area contributed by atoms with E-state index in [9.17, 15) is 4.79 Å². The second-order valence-electron chi connectivity index (χ2n) is 6.73. The highest BCUT2D eigenvalue weighted by Gasteiger charge is 2.34. The second-order valence-corrected chi connectivity index (χ2v) is 7.68. The third-order valence-electron chi connectivity index (χ3n) is 4.96. The molecule has 1 amide bonds. The zero-order valence-corrected chi connectivity index (χ0v) is 16.2. The van der Waals surface area contributed by atoms with Crippen molar-refractivity contribution in [2.24, 2.45) is 0 Å².